The molecule has 0 fully saturated rings. The maximum Gasteiger partial charge on any atom is 0.341 e. The van der Waals surface area contributed by atoms with E-state index in [9.17, 15) is 9.59 Å². The molecule has 0 radical (unpaired) electrons. The molecule has 0 aliphatic carbocycles. The molecule has 0 atom stereocenters. The standard InChI is InChI=1S/C13H18N2O3S/c1-7(2)12(16)15-5-4-8-9(6-15)19-11(14)10(8)13(17)18-3/h7H,4-6,14H2,1-3H3. The molecule has 0 aromatic carbocycles. The van der Waals surface area contributed by atoms with Gasteiger partial charge in [-0.1, -0.05) is 13.8 Å². The number of nitrogens with two attached hydrogens (primary N) is 1. The first kappa shape index (κ1) is 13.9. The van der Waals surface area contributed by atoms with Gasteiger partial charge in [0.2, 0.25) is 5.91 Å². The van der Waals surface area contributed by atoms with Crippen molar-refractivity contribution >= 4 is 28.2 Å². The van der Waals surface area contributed by atoms with Crippen LogP contribution in [0.2, 0.25) is 0 Å². The van der Waals surface area contributed by atoms with Crippen LogP contribution < -0.4 is 5.73 Å². The Morgan fingerprint density at radius 2 is 2.11 bits per heavy atom. The first-order valence-corrected chi connectivity index (χ1v) is 7.04. The normalized spacial score (nSPS) is 14.4. The van der Waals surface area contributed by atoms with Gasteiger partial charge in [-0.25, -0.2) is 4.79 Å². The Balaban J connectivity index is 2.29. The molecule has 2 N–H and O–H groups in total. The molecule has 0 bridgehead atoms. The topological polar surface area (TPSA) is 72.6 Å². The van der Waals surface area contributed by atoms with E-state index < -0.39 is 5.97 Å². The van der Waals surface area contributed by atoms with Crippen molar-refractivity contribution in [3.05, 3.63) is 16.0 Å². The Hall–Kier alpha value is -1.56. The monoisotopic (exact) mass is 282 g/mol. The summed E-state index contributed by atoms with van der Waals surface area (Å²) in [4.78, 5) is 26.5. The summed E-state index contributed by atoms with van der Waals surface area (Å²) >= 11 is 1.38. The summed E-state index contributed by atoms with van der Waals surface area (Å²) in [5.74, 6) is -0.269. The highest BCUT2D eigenvalue weighted by molar-refractivity contribution is 7.16. The molecule has 0 unspecified atom stereocenters. The van der Waals surface area contributed by atoms with Crippen LogP contribution in [0.15, 0.2) is 0 Å². The quantitative estimate of drug-likeness (QED) is 0.837. The maximum absolute atomic E-state index is 12.0. The molecule has 6 heteroatoms. The van der Waals surface area contributed by atoms with Crippen LogP contribution in [0.1, 0.15) is 34.6 Å². The summed E-state index contributed by atoms with van der Waals surface area (Å²) in [5, 5.41) is 0.482. The summed E-state index contributed by atoms with van der Waals surface area (Å²) < 4.78 is 4.76. The van der Waals surface area contributed by atoms with Gasteiger partial charge in [0.1, 0.15) is 5.00 Å². The molecule has 19 heavy (non-hydrogen) atoms. The first-order valence-electron chi connectivity index (χ1n) is 6.22. The van der Waals surface area contributed by atoms with E-state index in [-0.39, 0.29) is 11.8 Å². The van der Waals surface area contributed by atoms with Gasteiger partial charge in [0.05, 0.1) is 19.2 Å². The smallest absolute Gasteiger partial charge is 0.341 e. The number of hydrogen-bond acceptors (Lipinski definition) is 5. The van der Waals surface area contributed by atoms with E-state index in [1.54, 1.807) is 0 Å². The second kappa shape index (κ2) is 5.21. The minimum atomic E-state index is -0.390. The fourth-order valence-electron chi connectivity index (χ4n) is 2.30. The van der Waals surface area contributed by atoms with Crippen LogP contribution in [0.5, 0.6) is 0 Å². The first-order chi connectivity index (χ1) is 8.95. The zero-order valence-corrected chi connectivity index (χ0v) is 12.2. The average Bonchev–Trinajstić information content (AvgIpc) is 2.71. The van der Waals surface area contributed by atoms with Crippen LogP contribution >= 0.6 is 11.3 Å². The number of methoxy groups -OCH3 is 1. The lowest BCUT2D eigenvalue weighted by Crippen LogP contribution is -2.38. The number of rotatable bonds is 2. The predicted octanol–water partition coefficient (Wildman–Crippen LogP) is 1.66. The van der Waals surface area contributed by atoms with Gasteiger partial charge in [0.25, 0.3) is 0 Å². The third kappa shape index (κ3) is 2.45. The minimum absolute atomic E-state index is 0.0149. The predicted molar refractivity (Wildman–Crippen MR) is 74.0 cm³/mol. The molecular weight excluding hydrogens is 264 g/mol. The van der Waals surface area contributed by atoms with Crippen LogP contribution in [0, 0.1) is 5.92 Å². The fourth-order valence-corrected chi connectivity index (χ4v) is 3.43. The Labute approximate surface area is 116 Å². The van der Waals surface area contributed by atoms with Gasteiger partial charge in [-0.2, -0.15) is 0 Å². The largest absolute Gasteiger partial charge is 0.465 e. The van der Waals surface area contributed by atoms with E-state index >= 15 is 0 Å². The molecule has 1 aromatic rings. The van der Waals surface area contributed by atoms with E-state index in [1.165, 1.54) is 18.4 Å². The van der Waals surface area contributed by atoms with Gasteiger partial charge in [0, 0.05) is 17.3 Å². The molecule has 104 valence electrons. The number of anilines is 1. The fraction of sp³-hybridized carbons (Fsp3) is 0.538. The molecule has 1 aromatic heterocycles. The SMILES string of the molecule is COC(=O)c1c(N)sc2c1CCN(C(=O)C(C)C)C2. The van der Waals surface area contributed by atoms with Crippen LogP contribution in [-0.2, 0) is 22.5 Å². The zero-order chi connectivity index (χ0) is 14.2. The number of carbonyl (C=O) groups excluding carboxylic acids is 2. The van der Waals surface area contributed by atoms with E-state index in [4.69, 9.17) is 10.5 Å². The number of carbonyl (C=O) groups is 2. The molecule has 1 aliphatic heterocycles. The molecule has 2 heterocycles. The molecule has 0 spiro atoms. The third-order valence-corrected chi connectivity index (χ3v) is 4.33. The van der Waals surface area contributed by atoms with E-state index in [0.29, 0.717) is 30.1 Å². The van der Waals surface area contributed by atoms with Crippen molar-refractivity contribution < 1.29 is 14.3 Å². The molecule has 0 saturated carbocycles. The van der Waals surface area contributed by atoms with Gasteiger partial charge < -0.3 is 15.4 Å². The number of ether oxygens (including phenoxy) is 1. The lowest BCUT2D eigenvalue weighted by Gasteiger charge is -2.28. The van der Waals surface area contributed by atoms with Crippen molar-refractivity contribution in [3.63, 3.8) is 0 Å². The van der Waals surface area contributed by atoms with Crippen LogP contribution in [0.4, 0.5) is 5.00 Å². The molecule has 1 aliphatic rings. The van der Waals surface area contributed by atoms with Crippen molar-refractivity contribution in [3.8, 4) is 0 Å². The summed E-state index contributed by atoms with van der Waals surface area (Å²) in [5.41, 5.74) is 7.32. The van der Waals surface area contributed by atoms with Crippen molar-refractivity contribution in [2.75, 3.05) is 19.4 Å². The van der Waals surface area contributed by atoms with Gasteiger partial charge in [-0.05, 0) is 12.0 Å². The lowest BCUT2D eigenvalue weighted by atomic mass is 10.0. The Kier molecular flexibility index (Phi) is 3.80. The van der Waals surface area contributed by atoms with Crippen LogP contribution in [0.3, 0.4) is 0 Å². The van der Waals surface area contributed by atoms with Crippen LogP contribution in [-0.4, -0.2) is 30.4 Å². The van der Waals surface area contributed by atoms with Crippen LogP contribution in [0.25, 0.3) is 0 Å². The highest BCUT2D eigenvalue weighted by Crippen LogP contribution is 2.35. The number of fused-ring (bicyclic) bond motifs is 1. The number of nitrogen functional groups attached to an aromatic ring is 1. The van der Waals surface area contributed by atoms with Gasteiger partial charge in [-0.3, -0.25) is 4.79 Å². The number of thiophene rings is 1. The summed E-state index contributed by atoms with van der Waals surface area (Å²) in [6, 6.07) is 0. The van der Waals surface area contributed by atoms with E-state index in [0.717, 1.165) is 10.4 Å². The van der Waals surface area contributed by atoms with Crippen molar-refractivity contribution in [1.82, 2.24) is 4.90 Å². The number of esters is 1. The van der Waals surface area contributed by atoms with Gasteiger partial charge in [0.15, 0.2) is 0 Å². The Bertz CT molecular complexity index is 522. The average molecular weight is 282 g/mol. The number of amides is 1. The highest BCUT2D eigenvalue weighted by atomic mass is 32.1. The summed E-state index contributed by atoms with van der Waals surface area (Å²) in [6.45, 7) is 4.95. The molecule has 0 saturated heterocycles. The van der Waals surface area contributed by atoms with Crippen molar-refractivity contribution in [2.45, 2.75) is 26.8 Å². The van der Waals surface area contributed by atoms with Gasteiger partial charge >= 0.3 is 5.97 Å². The Morgan fingerprint density at radius 1 is 1.42 bits per heavy atom. The summed E-state index contributed by atoms with van der Waals surface area (Å²) in [7, 11) is 1.35. The lowest BCUT2D eigenvalue weighted by molar-refractivity contribution is -0.135. The van der Waals surface area contributed by atoms with Crippen molar-refractivity contribution in [1.29, 1.82) is 0 Å². The number of nitrogens with zero attached hydrogens (tertiary/aromatic N) is 1. The second-order valence-electron chi connectivity index (χ2n) is 4.90. The highest BCUT2D eigenvalue weighted by Gasteiger charge is 2.29. The molecule has 1 amide bonds. The molecule has 5 nitrogen and oxygen atoms in total. The summed E-state index contributed by atoms with van der Waals surface area (Å²) in [6.07, 6.45) is 0.659. The molecular formula is C13H18N2O3S. The van der Waals surface area contributed by atoms with E-state index in [2.05, 4.69) is 0 Å². The number of hydrogen-bond donors (Lipinski definition) is 1. The Morgan fingerprint density at radius 3 is 2.68 bits per heavy atom. The zero-order valence-electron chi connectivity index (χ0n) is 11.4. The second-order valence-corrected chi connectivity index (χ2v) is 6.04. The van der Waals surface area contributed by atoms with Crippen molar-refractivity contribution in [2.24, 2.45) is 5.92 Å². The maximum atomic E-state index is 12.0. The van der Waals surface area contributed by atoms with Gasteiger partial charge in [-0.15, -0.1) is 11.3 Å². The third-order valence-electron chi connectivity index (χ3n) is 3.28. The minimum Gasteiger partial charge on any atom is -0.465 e. The van der Waals surface area contributed by atoms with E-state index in [1.807, 2.05) is 18.7 Å². The molecule has 2 rings (SSSR count).